The van der Waals surface area contributed by atoms with Crippen molar-refractivity contribution in [1.82, 2.24) is 15.3 Å². The number of carbonyl (C=O) groups excluding carboxylic acids is 1. The number of benzene rings is 1. The number of nitrogen functional groups attached to an aromatic ring is 1. The summed E-state index contributed by atoms with van der Waals surface area (Å²) in [6.45, 7) is 0.437. The number of hydrogen-bond donors (Lipinski definition) is 2. The van der Waals surface area contributed by atoms with Crippen LogP contribution < -0.4 is 11.1 Å². The lowest BCUT2D eigenvalue weighted by molar-refractivity contribution is 0.0956. The molecule has 3 rings (SSSR count). The molecule has 2 aromatic heterocycles. The largest absolute Gasteiger partial charge is 0.396 e. The van der Waals surface area contributed by atoms with Crippen LogP contribution in [-0.2, 0) is 6.54 Å². The number of nitrogens with zero attached hydrogens (tertiary/aromatic N) is 2. The molecule has 0 aliphatic carbocycles. The van der Waals surface area contributed by atoms with E-state index in [1.165, 1.54) is 11.3 Å². The first-order valence-corrected chi connectivity index (χ1v) is 7.77. The Balaban J connectivity index is 1.79. The van der Waals surface area contributed by atoms with Gasteiger partial charge in [-0.1, -0.05) is 28.1 Å². The van der Waals surface area contributed by atoms with Gasteiger partial charge in [-0.3, -0.25) is 4.79 Å². The molecule has 0 unspecified atom stereocenters. The van der Waals surface area contributed by atoms with E-state index in [0.717, 1.165) is 10.0 Å². The van der Waals surface area contributed by atoms with Crippen LogP contribution in [0.4, 0.5) is 5.69 Å². The van der Waals surface area contributed by atoms with E-state index in [2.05, 4.69) is 31.2 Å². The van der Waals surface area contributed by atoms with Crippen LogP contribution in [-0.4, -0.2) is 15.9 Å². The highest BCUT2D eigenvalue weighted by molar-refractivity contribution is 9.10. The van der Waals surface area contributed by atoms with Gasteiger partial charge in [0.2, 0.25) is 0 Å². The Morgan fingerprint density at radius 1 is 1.33 bits per heavy atom. The van der Waals surface area contributed by atoms with Gasteiger partial charge in [-0.15, -0.1) is 11.3 Å². The summed E-state index contributed by atoms with van der Waals surface area (Å²) in [7, 11) is 0. The zero-order valence-electron chi connectivity index (χ0n) is 10.8. The molecule has 2 heterocycles. The van der Waals surface area contributed by atoms with Crippen LogP contribution in [0.1, 0.15) is 15.2 Å². The molecule has 0 aliphatic heterocycles. The van der Waals surface area contributed by atoms with Gasteiger partial charge in [-0.2, -0.15) is 0 Å². The smallest absolute Gasteiger partial charge is 0.263 e. The quantitative estimate of drug-likeness (QED) is 0.750. The van der Waals surface area contributed by atoms with E-state index in [4.69, 9.17) is 5.73 Å². The second kappa shape index (κ2) is 5.79. The van der Waals surface area contributed by atoms with E-state index in [1.54, 1.807) is 12.4 Å². The maximum absolute atomic E-state index is 12.2. The van der Waals surface area contributed by atoms with Crippen LogP contribution in [0, 0.1) is 0 Å². The van der Waals surface area contributed by atoms with Crippen molar-refractivity contribution in [2.24, 2.45) is 0 Å². The third-order valence-electron chi connectivity index (χ3n) is 2.91. The van der Waals surface area contributed by atoms with Gasteiger partial charge < -0.3 is 11.1 Å². The molecule has 0 aliphatic rings. The van der Waals surface area contributed by atoms with E-state index < -0.39 is 0 Å². The van der Waals surface area contributed by atoms with Crippen LogP contribution in [0.3, 0.4) is 0 Å². The summed E-state index contributed by atoms with van der Waals surface area (Å²) in [5.41, 5.74) is 7.94. The highest BCUT2D eigenvalue weighted by Gasteiger charge is 2.17. The minimum atomic E-state index is -0.211. The number of thiophene rings is 1. The maximum Gasteiger partial charge on any atom is 0.263 e. The Labute approximate surface area is 133 Å². The van der Waals surface area contributed by atoms with Crippen molar-refractivity contribution in [3.8, 4) is 0 Å². The second-order valence-electron chi connectivity index (χ2n) is 4.37. The first-order chi connectivity index (χ1) is 10.1. The van der Waals surface area contributed by atoms with Crippen molar-refractivity contribution in [2.45, 2.75) is 6.54 Å². The van der Waals surface area contributed by atoms with Gasteiger partial charge >= 0.3 is 0 Å². The average Bonchev–Trinajstić information content (AvgIpc) is 2.83. The topological polar surface area (TPSA) is 80.9 Å². The number of amides is 1. The zero-order valence-corrected chi connectivity index (χ0v) is 13.2. The average molecular weight is 363 g/mol. The highest BCUT2D eigenvalue weighted by Crippen LogP contribution is 2.30. The fourth-order valence-corrected chi connectivity index (χ4v) is 3.31. The summed E-state index contributed by atoms with van der Waals surface area (Å²) in [5.74, 6) is -0.211. The van der Waals surface area contributed by atoms with Gasteiger partial charge in [0.15, 0.2) is 0 Å². The number of nitrogens with two attached hydrogens (primary N) is 1. The fourth-order valence-electron chi connectivity index (χ4n) is 1.92. The standard InChI is InChI=1S/C14H11BrN4OS/c15-9-3-1-2-8(6-9)7-19-13(20)12-10(16)11-14(21-12)18-5-4-17-11/h1-6H,7,16H2,(H,19,20). The molecule has 3 N–H and O–H groups in total. The van der Waals surface area contributed by atoms with Crippen LogP contribution in [0.5, 0.6) is 0 Å². The fraction of sp³-hybridized carbons (Fsp3) is 0.0714. The monoisotopic (exact) mass is 362 g/mol. The van der Waals surface area contributed by atoms with Crippen LogP contribution in [0.25, 0.3) is 10.3 Å². The molecule has 0 spiro atoms. The number of carbonyl (C=O) groups is 1. The van der Waals surface area contributed by atoms with Crippen molar-refractivity contribution in [3.05, 3.63) is 51.6 Å². The zero-order chi connectivity index (χ0) is 14.8. The number of hydrogen-bond acceptors (Lipinski definition) is 5. The van der Waals surface area contributed by atoms with Crippen LogP contribution >= 0.6 is 27.3 Å². The number of nitrogens with one attached hydrogen (secondary N) is 1. The van der Waals surface area contributed by atoms with E-state index in [-0.39, 0.29) is 5.91 Å². The number of aromatic nitrogens is 2. The van der Waals surface area contributed by atoms with Crippen molar-refractivity contribution in [2.75, 3.05) is 5.73 Å². The summed E-state index contributed by atoms with van der Waals surface area (Å²) in [5, 5.41) is 2.86. The molecule has 106 valence electrons. The third kappa shape index (κ3) is 2.88. The van der Waals surface area contributed by atoms with Gasteiger partial charge in [0.25, 0.3) is 5.91 Å². The van der Waals surface area contributed by atoms with Crippen molar-refractivity contribution in [1.29, 1.82) is 0 Å². The molecule has 0 atom stereocenters. The van der Waals surface area contributed by atoms with Crippen molar-refractivity contribution < 1.29 is 4.79 Å². The molecule has 5 nitrogen and oxygen atoms in total. The van der Waals surface area contributed by atoms with Gasteiger partial charge in [-0.25, -0.2) is 9.97 Å². The van der Waals surface area contributed by atoms with E-state index >= 15 is 0 Å². The molecular formula is C14H11BrN4OS. The minimum absolute atomic E-state index is 0.211. The lowest BCUT2D eigenvalue weighted by Gasteiger charge is -2.05. The van der Waals surface area contributed by atoms with Gasteiger partial charge in [0, 0.05) is 23.4 Å². The van der Waals surface area contributed by atoms with Crippen molar-refractivity contribution in [3.63, 3.8) is 0 Å². The predicted molar refractivity (Wildman–Crippen MR) is 87.1 cm³/mol. The molecule has 0 radical (unpaired) electrons. The summed E-state index contributed by atoms with van der Waals surface area (Å²) >= 11 is 4.65. The summed E-state index contributed by atoms with van der Waals surface area (Å²) in [6.07, 6.45) is 3.15. The molecule has 0 saturated carbocycles. The first kappa shape index (κ1) is 14.0. The van der Waals surface area contributed by atoms with E-state index in [9.17, 15) is 4.79 Å². The molecular weight excluding hydrogens is 352 g/mol. The predicted octanol–water partition coefficient (Wildman–Crippen LogP) is 2.97. The lowest BCUT2D eigenvalue weighted by atomic mass is 10.2. The molecule has 0 bridgehead atoms. The summed E-state index contributed by atoms with van der Waals surface area (Å²) < 4.78 is 0.976. The van der Waals surface area contributed by atoms with Gasteiger partial charge in [0.1, 0.15) is 15.2 Å². The van der Waals surface area contributed by atoms with Crippen molar-refractivity contribution >= 4 is 49.2 Å². The highest BCUT2D eigenvalue weighted by atomic mass is 79.9. The molecule has 1 amide bonds. The second-order valence-corrected chi connectivity index (χ2v) is 6.28. The molecule has 7 heteroatoms. The Morgan fingerprint density at radius 3 is 2.90 bits per heavy atom. The molecule has 0 fully saturated rings. The summed E-state index contributed by atoms with van der Waals surface area (Å²) in [4.78, 5) is 21.7. The summed E-state index contributed by atoms with van der Waals surface area (Å²) in [6, 6.07) is 7.76. The molecule has 1 aromatic carbocycles. The third-order valence-corrected chi connectivity index (χ3v) is 4.51. The molecule has 0 saturated heterocycles. The van der Waals surface area contributed by atoms with E-state index in [0.29, 0.717) is 27.5 Å². The van der Waals surface area contributed by atoms with E-state index in [1.807, 2.05) is 24.3 Å². The minimum Gasteiger partial charge on any atom is -0.396 e. The van der Waals surface area contributed by atoms with Gasteiger partial charge in [-0.05, 0) is 17.7 Å². The van der Waals surface area contributed by atoms with Crippen LogP contribution in [0.2, 0.25) is 0 Å². The molecule has 3 aromatic rings. The number of halogens is 1. The number of anilines is 1. The van der Waals surface area contributed by atoms with Gasteiger partial charge in [0.05, 0.1) is 5.69 Å². The number of rotatable bonds is 3. The maximum atomic E-state index is 12.2. The Bertz CT molecular complexity index is 818. The van der Waals surface area contributed by atoms with Crippen LogP contribution in [0.15, 0.2) is 41.1 Å². The Morgan fingerprint density at radius 2 is 2.14 bits per heavy atom. The Kier molecular flexibility index (Phi) is 3.85. The normalized spacial score (nSPS) is 10.7. The lowest BCUT2D eigenvalue weighted by Crippen LogP contribution is -2.22. The first-order valence-electron chi connectivity index (χ1n) is 6.17. The Hall–Kier alpha value is -1.99. The molecule has 21 heavy (non-hydrogen) atoms. The SMILES string of the molecule is Nc1c(C(=O)NCc2cccc(Br)c2)sc2nccnc12. The number of fused-ring (bicyclic) bond motifs is 1.